The number of aliphatic hydroxyl groups is 1. The molecular weight excluding hydrogens is 276 g/mol. The van der Waals surface area contributed by atoms with E-state index in [1.807, 2.05) is 45.0 Å². The van der Waals surface area contributed by atoms with Crippen molar-refractivity contribution < 1.29 is 9.90 Å². The van der Waals surface area contributed by atoms with E-state index < -0.39 is 12.1 Å². The predicted octanol–water partition coefficient (Wildman–Crippen LogP) is 2.04. The molecule has 1 aromatic rings. The first-order chi connectivity index (χ1) is 8.99. The highest BCUT2D eigenvalue weighted by Crippen LogP contribution is 2.15. The van der Waals surface area contributed by atoms with E-state index in [0.29, 0.717) is 13.0 Å². The third kappa shape index (κ3) is 5.12. The summed E-state index contributed by atoms with van der Waals surface area (Å²) in [4.78, 5) is 13.6. The van der Waals surface area contributed by atoms with Crippen molar-refractivity contribution in [2.75, 3.05) is 13.1 Å². The minimum atomic E-state index is -0.673. The number of amides is 1. The number of nitrogens with zero attached hydrogens (tertiary/aromatic N) is 1. The lowest BCUT2D eigenvalue weighted by molar-refractivity contribution is -0.133. The van der Waals surface area contributed by atoms with Gasteiger partial charge in [0.1, 0.15) is 0 Å². The molecule has 0 aromatic heterocycles. The zero-order valence-electron chi connectivity index (χ0n) is 12.4. The van der Waals surface area contributed by atoms with Crippen LogP contribution in [0.2, 0.25) is 0 Å². The van der Waals surface area contributed by atoms with Gasteiger partial charge in [0.2, 0.25) is 5.91 Å². The van der Waals surface area contributed by atoms with Crippen LogP contribution >= 0.6 is 12.4 Å². The van der Waals surface area contributed by atoms with Crippen molar-refractivity contribution in [3.8, 4) is 0 Å². The Morgan fingerprint density at radius 2 is 1.85 bits per heavy atom. The Bertz CT molecular complexity index is 409. The number of aryl methyl sites for hydroxylation is 1. The number of rotatable bonds is 6. The van der Waals surface area contributed by atoms with Gasteiger partial charge in [-0.15, -0.1) is 12.4 Å². The predicted molar refractivity (Wildman–Crippen MR) is 83.9 cm³/mol. The maximum Gasteiger partial charge on any atom is 0.239 e. The highest BCUT2D eigenvalue weighted by Gasteiger charge is 2.21. The molecule has 1 amide bonds. The van der Waals surface area contributed by atoms with E-state index in [1.165, 1.54) is 0 Å². The van der Waals surface area contributed by atoms with Crippen LogP contribution in [0.5, 0.6) is 0 Å². The fraction of sp³-hybridized carbons (Fsp3) is 0.533. The molecule has 0 radical (unpaired) electrons. The smallest absolute Gasteiger partial charge is 0.239 e. The molecule has 0 spiro atoms. The Hall–Kier alpha value is -1.10. The fourth-order valence-electron chi connectivity index (χ4n) is 1.89. The van der Waals surface area contributed by atoms with Crippen LogP contribution in [0.25, 0.3) is 0 Å². The van der Waals surface area contributed by atoms with E-state index in [9.17, 15) is 9.90 Å². The molecule has 1 unspecified atom stereocenters. The molecule has 0 aliphatic heterocycles. The van der Waals surface area contributed by atoms with Gasteiger partial charge in [-0.05, 0) is 25.8 Å². The monoisotopic (exact) mass is 300 g/mol. The molecule has 0 saturated heterocycles. The quantitative estimate of drug-likeness (QED) is 0.845. The minimum Gasteiger partial charge on any atom is -0.387 e. The van der Waals surface area contributed by atoms with E-state index in [4.69, 9.17) is 5.73 Å². The molecule has 0 heterocycles. The second kappa shape index (κ2) is 8.95. The van der Waals surface area contributed by atoms with Crippen LogP contribution in [-0.2, 0) is 4.79 Å². The zero-order chi connectivity index (χ0) is 14.4. The molecule has 0 saturated carbocycles. The van der Waals surface area contributed by atoms with Gasteiger partial charge in [-0.2, -0.15) is 0 Å². The van der Waals surface area contributed by atoms with Gasteiger partial charge in [0.15, 0.2) is 0 Å². The van der Waals surface area contributed by atoms with Gasteiger partial charge in [-0.1, -0.05) is 36.8 Å². The normalized spacial score (nSPS) is 13.2. The number of carbonyl (C=O) groups excluding carboxylic acids is 1. The summed E-state index contributed by atoms with van der Waals surface area (Å²) in [6, 6.07) is 7.20. The van der Waals surface area contributed by atoms with E-state index >= 15 is 0 Å². The summed E-state index contributed by atoms with van der Waals surface area (Å²) in [6.45, 7) is 6.61. The first kappa shape index (κ1) is 18.9. The lowest BCUT2D eigenvalue weighted by atomic mass is 10.1. The second-order valence-electron chi connectivity index (χ2n) is 4.82. The summed E-state index contributed by atoms with van der Waals surface area (Å²) >= 11 is 0. The topological polar surface area (TPSA) is 66.6 Å². The lowest BCUT2D eigenvalue weighted by Gasteiger charge is -2.26. The van der Waals surface area contributed by atoms with Gasteiger partial charge in [0.25, 0.3) is 0 Å². The molecule has 0 bridgehead atoms. The standard InChI is InChI=1S/C15H24N2O2.ClH/c1-4-13(16)15(19)17(5-2)10-14(18)12-8-6-11(3)7-9-12;/h6-9,13-14,18H,4-5,10,16H2,1-3H3;1H/t13-,14?;/m0./s1. The minimum absolute atomic E-state index is 0. The molecule has 0 fully saturated rings. The summed E-state index contributed by atoms with van der Waals surface area (Å²) in [7, 11) is 0. The van der Waals surface area contributed by atoms with Gasteiger partial charge in [0, 0.05) is 6.54 Å². The molecule has 0 aliphatic carbocycles. The van der Waals surface area contributed by atoms with Crippen LogP contribution in [-0.4, -0.2) is 35.0 Å². The number of benzene rings is 1. The Labute approximate surface area is 127 Å². The molecule has 1 aromatic carbocycles. The van der Waals surface area contributed by atoms with Crippen molar-refractivity contribution in [1.82, 2.24) is 4.90 Å². The van der Waals surface area contributed by atoms with Crippen molar-refractivity contribution >= 4 is 18.3 Å². The number of halogens is 1. The van der Waals surface area contributed by atoms with Crippen LogP contribution in [0.15, 0.2) is 24.3 Å². The number of likely N-dealkylation sites (N-methyl/N-ethyl adjacent to an activating group) is 1. The van der Waals surface area contributed by atoms with Crippen molar-refractivity contribution in [3.05, 3.63) is 35.4 Å². The van der Waals surface area contributed by atoms with Gasteiger partial charge in [0.05, 0.1) is 18.7 Å². The molecular formula is C15H25ClN2O2. The van der Waals surface area contributed by atoms with Crippen LogP contribution < -0.4 is 5.73 Å². The average molecular weight is 301 g/mol. The van der Waals surface area contributed by atoms with Gasteiger partial charge in [-0.3, -0.25) is 4.79 Å². The Balaban J connectivity index is 0.00000361. The Morgan fingerprint density at radius 1 is 1.30 bits per heavy atom. The van der Waals surface area contributed by atoms with E-state index in [0.717, 1.165) is 11.1 Å². The number of hydrogen-bond acceptors (Lipinski definition) is 3. The van der Waals surface area contributed by atoms with E-state index in [2.05, 4.69) is 0 Å². The van der Waals surface area contributed by atoms with Crippen LogP contribution in [0.1, 0.15) is 37.5 Å². The summed E-state index contributed by atoms with van der Waals surface area (Å²) in [5, 5.41) is 10.2. The lowest BCUT2D eigenvalue weighted by Crippen LogP contribution is -2.45. The zero-order valence-corrected chi connectivity index (χ0v) is 13.2. The molecule has 114 valence electrons. The van der Waals surface area contributed by atoms with Crippen molar-refractivity contribution in [2.24, 2.45) is 5.73 Å². The maximum absolute atomic E-state index is 12.0. The van der Waals surface area contributed by atoms with E-state index in [1.54, 1.807) is 4.90 Å². The highest BCUT2D eigenvalue weighted by molar-refractivity contribution is 5.85. The molecule has 4 nitrogen and oxygen atoms in total. The van der Waals surface area contributed by atoms with Gasteiger partial charge in [-0.25, -0.2) is 0 Å². The molecule has 2 atom stereocenters. The van der Waals surface area contributed by atoms with E-state index in [-0.39, 0.29) is 24.9 Å². The molecule has 20 heavy (non-hydrogen) atoms. The third-order valence-corrected chi connectivity index (χ3v) is 3.31. The average Bonchev–Trinajstić information content (AvgIpc) is 2.43. The summed E-state index contributed by atoms with van der Waals surface area (Å²) in [5.74, 6) is -0.101. The number of hydrogen-bond donors (Lipinski definition) is 2. The summed E-state index contributed by atoms with van der Waals surface area (Å²) < 4.78 is 0. The molecule has 5 heteroatoms. The second-order valence-corrected chi connectivity index (χ2v) is 4.82. The highest BCUT2D eigenvalue weighted by atomic mass is 35.5. The van der Waals surface area contributed by atoms with Gasteiger partial charge >= 0.3 is 0 Å². The Morgan fingerprint density at radius 3 is 2.30 bits per heavy atom. The van der Waals surface area contributed by atoms with Gasteiger partial charge < -0.3 is 15.7 Å². The maximum atomic E-state index is 12.0. The molecule has 0 aliphatic rings. The Kier molecular flexibility index (Phi) is 8.46. The molecule has 3 N–H and O–H groups in total. The van der Waals surface area contributed by atoms with Crippen LogP contribution in [0.3, 0.4) is 0 Å². The first-order valence-corrected chi connectivity index (χ1v) is 6.78. The van der Waals surface area contributed by atoms with Crippen molar-refractivity contribution in [2.45, 2.75) is 39.3 Å². The number of aliphatic hydroxyl groups excluding tert-OH is 1. The van der Waals surface area contributed by atoms with Crippen molar-refractivity contribution in [1.29, 1.82) is 0 Å². The van der Waals surface area contributed by atoms with Crippen LogP contribution in [0.4, 0.5) is 0 Å². The SMILES string of the molecule is CC[C@H](N)C(=O)N(CC)CC(O)c1ccc(C)cc1.Cl. The fourth-order valence-corrected chi connectivity index (χ4v) is 1.89. The number of carbonyl (C=O) groups is 1. The van der Waals surface area contributed by atoms with Crippen LogP contribution in [0, 0.1) is 6.92 Å². The van der Waals surface area contributed by atoms with Crippen molar-refractivity contribution in [3.63, 3.8) is 0 Å². The third-order valence-electron chi connectivity index (χ3n) is 3.31. The summed E-state index contributed by atoms with van der Waals surface area (Å²) in [6.07, 6.45) is -0.0655. The first-order valence-electron chi connectivity index (χ1n) is 6.78. The summed E-state index contributed by atoms with van der Waals surface area (Å²) in [5.41, 5.74) is 7.72. The number of nitrogens with two attached hydrogens (primary N) is 1. The molecule has 1 rings (SSSR count). The largest absolute Gasteiger partial charge is 0.387 e.